The summed E-state index contributed by atoms with van der Waals surface area (Å²) in [5.41, 5.74) is 0.369. The van der Waals surface area contributed by atoms with Crippen LogP contribution in [-0.4, -0.2) is 72.5 Å². The molecule has 1 aliphatic heterocycles. The number of hydrogen-bond acceptors (Lipinski definition) is 8. The first-order valence-corrected chi connectivity index (χ1v) is 10.7. The SMILES string of the molecule is CC1O[C@@H](SCCCCCCOCc2cn(C(C)C)nn2)C(O)[C@@H](O)[C@@H]1O. The van der Waals surface area contributed by atoms with Crippen molar-refractivity contribution in [3.05, 3.63) is 11.9 Å². The normalized spacial score (nSPS) is 28.8. The van der Waals surface area contributed by atoms with Crippen LogP contribution in [0.25, 0.3) is 0 Å². The predicted molar refractivity (Wildman–Crippen MR) is 103 cm³/mol. The highest BCUT2D eigenvalue weighted by molar-refractivity contribution is 7.99. The second-order valence-corrected chi connectivity index (χ2v) is 8.51. The van der Waals surface area contributed by atoms with Crippen molar-refractivity contribution >= 4 is 11.8 Å². The topological polar surface area (TPSA) is 110 Å². The largest absolute Gasteiger partial charge is 0.388 e. The van der Waals surface area contributed by atoms with Crippen molar-refractivity contribution in [3.63, 3.8) is 0 Å². The van der Waals surface area contributed by atoms with Gasteiger partial charge in [-0.3, -0.25) is 0 Å². The molecule has 27 heavy (non-hydrogen) atoms. The molecule has 9 heteroatoms. The minimum absolute atomic E-state index is 0.306. The lowest BCUT2D eigenvalue weighted by atomic mass is 10.0. The standard InChI is InChI=1S/C18H33N3O5S/c1-12(2)21-10-14(19-20-21)11-25-8-6-4-5-7-9-27-18-17(24)16(23)15(22)13(3)26-18/h10,12-13,15-18,22-24H,4-9,11H2,1-3H3/t13?,15-,16+,17?,18+/m1/s1. The maximum absolute atomic E-state index is 9.97. The van der Waals surface area contributed by atoms with Crippen LogP contribution in [0.15, 0.2) is 6.20 Å². The van der Waals surface area contributed by atoms with Gasteiger partial charge in [0.05, 0.1) is 18.9 Å². The minimum Gasteiger partial charge on any atom is -0.388 e. The Bertz CT molecular complexity index is 545. The molecule has 1 aliphatic rings. The Morgan fingerprint density at radius 2 is 1.89 bits per heavy atom. The maximum Gasteiger partial charge on any atom is 0.132 e. The number of unbranched alkanes of at least 4 members (excludes halogenated alkanes) is 3. The Morgan fingerprint density at radius 3 is 2.59 bits per heavy atom. The molecule has 1 fully saturated rings. The molecule has 156 valence electrons. The molecule has 1 saturated heterocycles. The fourth-order valence-corrected chi connectivity index (χ4v) is 4.03. The summed E-state index contributed by atoms with van der Waals surface area (Å²) >= 11 is 1.49. The van der Waals surface area contributed by atoms with Crippen molar-refractivity contribution in [2.24, 2.45) is 0 Å². The molecule has 0 bridgehead atoms. The number of aliphatic hydroxyl groups is 3. The number of nitrogens with zero attached hydrogens (tertiary/aromatic N) is 3. The number of thioether (sulfide) groups is 1. The second-order valence-electron chi connectivity index (χ2n) is 7.30. The first-order valence-electron chi connectivity index (χ1n) is 9.70. The van der Waals surface area contributed by atoms with Gasteiger partial charge in [-0.2, -0.15) is 0 Å². The number of hydrogen-bond donors (Lipinski definition) is 3. The zero-order valence-electron chi connectivity index (χ0n) is 16.4. The summed E-state index contributed by atoms with van der Waals surface area (Å²) in [4.78, 5) is 0. The number of aliphatic hydroxyl groups excluding tert-OH is 3. The number of rotatable bonds is 11. The van der Waals surface area contributed by atoms with Gasteiger partial charge in [0.1, 0.15) is 29.4 Å². The van der Waals surface area contributed by atoms with E-state index in [4.69, 9.17) is 9.47 Å². The third-order valence-corrected chi connectivity index (χ3v) is 5.85. The minimum atomic E-state index is -1.15. The summed E-state index contributed by atoms with van der Waals surface area (Å²) in [5, 5.41) is 37.6. The second kappa shape index (κ2) is 11.3. The van der Waals surface area contributed by atoms with Crippen molar-refractivity contribution in [2.45, 2.75) is 89.0 Å². The van der Waals surface area contributed by atoms with Crippen LogP contribution in [0.1, 0.15) is 58.2 Å². The summed E-state index contributed by atoms with van der Waals surface area (Å²) in [7, 11) is 0. The molecule has 2 unspecified atom stereocenters. The molecule has 0 aromatic carbocycles. The maximum atomic E-state index is 9.97. The average molecular weight is 404 g/mol. The monoisotopic (exact) mass is 403 g/mol. The van der Waals surface area contributed by atoms with Crippen LogP contribution < -0.4 is 0 Å². The fourth-order valence-electron chi connectivity index (χ4n) is 2.82. The lowest BCUT2D eigenvalue weighted by Crippen LogP contribution is -2.55. The molecule has 2 rings (SSSR count). The predicted octanol–water partition coefficient (Wildman–Crippen LogP) is 1.50. The summed E-state index contributed by atoms with van der Waals surface area (Å²) < 4.78 is 13.0. The quantitative estimate of drug-likeness (QED) is 0.477. The summed E-state index contributed by atoms with van der Waals surface area (Å²) in [5.74, 6) is 0.844. The van der Waals surface area contributed by atoms with Gasteiger partial charge in [0, 0.05) is 12.6 Å². The van der Waals surface area contributed by atoms with Crippen molar-refractivity contribution in [2.75, 3.05) is 12.4 Å². The van der Waals surface area contributed by atoms with Crippen LogP contribution in [0.2, 0.25) is 0 Å². The van der Waals surface area contributed by atoms with E-state index in [0.29, 0.717) is 19.3 Å². The fraction of sp³-hybridized carbons (Fsp3) is 0.889. The molecule has 5 atom stereocenters. The zero-order valence-corrected chi connectivity index (χ0v) is 17.2. The molecule has 3 N–H and O–H groups in total. The van der Waals surface area contributed by atoms with E-state index in [1.807, 2.05) is 10.9 Å². The smallest absolute Gasteiger partial charge is 0.132 e. The lowest BCUT2D eigenvalue weighted by Gasteiger charge is -2.39. The molecule has 1 aromatic rings. The van der Waals surface area contributed by atoms with E-state index < -0.39 is 29.9 Å². The molecule has 0 saturated carbocycles. The summed E-state index contributed by atoms with van der Waals surface area (Å²) in [6, 6.07) is 0.306. The van der Waals surface area contributed by atoms with Crippen LogP contribution in [0.3, 0.4) is 0 Å². The van der Waals surface area contributed by atoms with E-state index in [-0.39, 0.29) is 0 Å². The molecular formula is C18H33N3O5S. The molecule has 0 aliphatic carbocycles. The highest BCUT2D eigenvalue weighted by atomic mass is 32.2. The van der Waals surface area contributed by atoms with Crippen molar-refractivity contribution in [1.82, 2.24) is 15.0 Å². The van der Waals surface area contributed by atoms with Crippen LogP contribution in [0.4, 0.5) is 0 Å². The molecule has 0 radical (unpaired) electrons. The van der Waals surface area contributed by atoms with E-state index in [1.54, 1.807) is 6.92 Å². The Labute approximate surface area is 165 Å². The highest BCUT2D eigenvalue weighted by Gasteiger charge is 2.41. The number of aromatic nitrogens is 3. The Kier molecular flexibility index (Phi) is 9.47. The Hall–Kier alpha value is -0.710. The van der Waals surface area contributed by atoms with Gasteiger partial charge < -0.3 is 24.8 Å². The third kappa shape index (κ3) is 6.99. The van der Waals surface area contributed by atoms with E-state index in [9.17, 15) is 15.3 Å². The molecule has 0 amide bonds. The van der Waals surface area contributed by atoms with Gasteiger partial charge in [-0.1, -0.05) is 18.1 Å². The van der Waals surface area contributed by atoms with Gasteiger partial charge in [-0.15, -0.1) is 16.9 Å². The molecule has 1 aromatic heterocycles. The Balaban J connectivity index is 1.48. The van der Waals surface area contributed by atoms with Crippen LogP contribution in [0.5, 0.6) is 0 Å². The first kappa shape index (κ1) is 22.6. The van der Waals surface area contributed by atoms with Crippen molar-refractivity contribution < 1.29 is 24.8 Å². The van der Waals surface area contributed by atoms with Gasteiger partial charge in [0.2, 0.25) is 0 Å². The van der Waals surface area contributed by atoms with Crippen LogP contribution in [0, 0.1) is 0 Å². The van der Waals surface area contributed by atoms with Crippen molar-refractivity contribution in [1.29, 1.82) is 0 Å². The van der Waals surface area contributed by atoms with E-state index >= 15 is 0 Å². The van der Waals surface area contributed by atoms with Crippen LogP contribution >= 0.6 is 11.8 Å². The number of ether oxygens (including phenoxy) is 2. The highest BCUT2D eigenvalue weighted by Crippen LogP contribution is 2.29. The lowest BCUT2D eigenvalue weighted by molar-refractivity contribution is -0.192. The summed E-state index contributed by atoms with van der Waals surface area (Å²) in [6.45, 7) is 7.02. The van der Waals surface area contributed by atoms with Crippen LogP contribution in [-0.2, 0) is 16.1 Å². The zero-order chi connectivity index (χ0) is 19.8. The average Bonchev–Trinajstić information content (AvgIpc) is 3.11. The first-order chi connectivity index (χ1) is 12.9. The van der Waals surface area contributed by atoms with E-state index in [0.717, 1.165) is 37.1 Å². The van der Waals surface area contributed by atoms with Gasteiger partial charge in [-0.05, 0) is 39.4 Å². The summed E-state index contributed by atoms with van der Waals surface area (Å²) in [6.07, 6.45) is 2.36. The van der Waals surface area contributed by atoms with Gasteiger partial charge in [-0.25, -0.2) is 4.68 Å². The molecule has 2 heterocycles. The Morgan fingerprint density at radius 1 is 1.15 bits per heavy atom. The van der Waals surface area contributed by atoms with Gasteiger partial charge in [0.15, 0.2) is 0 Å². The third-order valence-electron chi connectivity index (χ3n) is 4.61. The molecule has 0 spiro atoms. The van der Waals surface area contributed by atoms with Gasteiger partial charge in [0.25, 0.3) is 0 Å². The molecule has 8 nitrogen and oxygen atoms in total. The van der Waals surface area contributed by atoms with Gasteiger partial charge >= 0.3 is 0 Å². The van der Waals surface area contributed by atoms with E-state index in [2.05, 4.69) is 24.2 Å². The van der Waals surface area contributed by atoms with E-state index in [1.165, 1.54) is 11.8 Å². The molecular weight excluding hydrogens is 370 g/mol. The van der Waals surface area contributed by atoms with Crippen molar-refractivity contribution in [3.8, 4) is 0 Å².